The van der Waals surface area contributed by atoms with Crippen molar-refractivity contribution in [1.82, 2.24) is 4.98 Å². The number of ether oxygens (including phenoxy) is 1. The van der Waals surface area contributed by atoms with Gasteiger partial charge >= 0.3 is 5.97 Å². The number of hydrogen-bond donors (Lipinski definition) is 1. The van der Waals surface area contributed by atoms with Crippen molar-refractivity contribution >= 4 is 16.9 Å². The minimum absolute atomic E-state index is 0.235. The number of aromatic nitrogens is 1. The van der Waals surface area contributed by atoms with Gasteiger partial charge in [0.1, 0.15) is 11.3 Å². The lowest BCUT2D eigenvalue weighted by Crippen LogP contribution is -2.00. The molecule has 4 nitrogen and oxygen atoms in total. The molecule has 0 amide bonds. The molecular formula is C14H13NO3. The van der Waals surface area contributed by atoms with Crippen molar-refractivity contribution in [2.45, 2.75) is 19.3 Å². The maximum absolute atomic E-state index is 11.1. The van der Waals surface area contributed by atoms with Gasteiger partial charge < -0.3 is 9.84 Å². The molecule has 0 unspecified atom stereocenters. The minimum atomic E-state index is -0.948. The van der Waals surface area contributed by atoms with E-state index in [9.17, 15) is 4.79 Å². The normalized spacial score (nSPS) is 13.6. The Balaban J connectivity index is 2.31. The fraction of sp³-hybridized carbons (Fsp3) is 0.286. The number of rotatable bonds is 2. The smallest absolute Gasteiger partial charge is 0.335 e. The first kappa shape index (κ1) is 11.0. The molecule has 2 aromatic rings. The number of methoxy groups -OCH3 is 1. The van der Waals surface area contributed by atoms with E-state index in [2.05, 4.69) is 4.98 Å². The zero-order valence-electron chi connectivity index (χ0n) is 10.1. The minimum Gasteiger partial charge on any atom is -0.494 e. The zero-order chi connectivity index (χ0) is 12.7. The number of fused-ring (bicyclic) bond motifs is 2. The number of hydrogen-bond acceptors (Lipinski definition) is 3. The molecule has 0 radical (unpaired) electrons. The van der Waals surface area contributed by atoms with Crippen LogP contribution in [-0.4, -0.2) is 23.2 Å². The fourth-order valence-corrected chi connectivity index (χ4v) is 2.50. The van der Waals surface area contributed by atoms with E-state index in [1.165, 1.54) is 18.7 Å². The largest absolute Gasteiger partial charge is 0.494 e. The van der Waals surface area contributed by atoms with Crippen LogP contribution in [0, 0.1) is 0 Å². The van der Waals surface area contributed by atoms with Crippen LogP contribution >= 0.6 is 0 Å². The molecule has 4 heteroatoms. The highest BCUT2D eigenvalue weighted by Gasteiger charge is 2.17. The first-order valence-electron chi connectivity index (χ1n) is 5.93. The zero-order valence-corrected chi connectivity index (χ0v) is 10.1. The molecule has 1 heterocycles. The number of benzene rings is 1. The number of aryl methyl sites for hydroxylation is 2. The van der Waals surface area contributed by atoms with E-state index in [4.69, 9.17) is 9.84 Å². The maximum Gasteiger partial charge on any atom is 0.335 e. The molecule has 0 saturated carbocycles. The number of carboxylic acid groups (broad SMARTS) is 1. The molecule has 1 aliphatic rings. The second-order valence-corrected chi connectivity index (χ2v) is 4.50. The Morgan fingerprint density at radius 3 is 2.89 bits per heavy atom. The molecule has 0 atom stereocenters. The molecule has 1 N–H and O–H groups in total. The summed E-state index contributed by atoms with van der Waals surface area (Å²) >= 11 is 0. The predicted molar refractivity (Wildman–Crippen MR) is 67.3 cm³/mol. The summed E-state index contributed by atoms with van der Waals surface area (Å²) in [5.74, 6) is -0.421. The van der Waals surface area contributed by atoms with E-state index in [0.29, 0.717) is 5.75 Å². The molecule has 1 aromatic heterocycles. The van der Waals surface area contributed by atoms with Crippen LogP contribution in [0.3, 0.4) is 0 Å². The average Bonchev–Trinajstić information content (AvgIpc) is 2.81. The van der Waals surface area contributed by atoms with Crippen molar-refractivity contribution in [3.63, 3.8) is 0 Å². The van der Waals surface area contributed by atoms with E-state index >= 15 is 0 Å². The van der Waals surface area contributed by atoms with Gasteiger partial charge in [-0.15, -0.1) is 0 Å². The summed E-state index contributed by atoms with van der Waals surface area (Å²) in [6, 6.07) is 5.23. The van der Waals surface area contributed by atoms with Crippen molar-refractivity contribution in [3.05, 3.63) is 35.0 Å². The number of nitrogens with zero attached hydrogens (tertiary/aromatic N) is 1. The van der Waals surface area contributed by atoms with Crippen LogP contribution in [0.4, 0.5) is 0 Å². The number of aromatic carboxylic acids is 1. The van der Waals surface area contributed by atoms with Crippen molar-refractivity contribution < 1.29 is 14.6 Å². The van der Waals surface area contributed by atoms with Gasteiger partial charge in [-0.3, -0.25) is 0 Å². The Hall–Kier alpha value is -2.10. The highest BCUT2D eigenvalue weighted by atomic mass is 16.5. The lowest BCUT2D eigenvalue weighted by atomic mass is 10.1. The second-order valence-electron chi connectivity index (χ2n) is 4.50. The predicted octanol–water partition coefficient (Wildman–Crippen LogP) is 2.43. The Kier molecular flexibility index (Phi) is 2.44. The van der Waals surface area contributed by atoms with Crippen molar-refractivity contribution in [1.29, 1.82) is 0 Å². The van der Waals surface area contributed by atoms with E-state index < -0.39 is 5.97 Å². The van der Waals surface area contributed by atoms with Crippen molar-refractivity contribution in [2.75, 3.05) is 7.11 Å². The van der Waals surface area contributed by atoms with Crippen molar-refractivity contribution in [2.24, 2.45) is 0 Å². The average molecular weight is 243 g/mol. The first-order chi connectivity index (χ1) is 8.69. The van der Waals surface area contributed by atoms with E-state index in [0.717, 1.165) is 35.9 Å². The summed E-state index contributed by atoms with van der Waals surface area (Å²) in [6.45, 7) is 0. The number of pyridine rings is 1. The lowest BCUT2D eigenvalue weighted by molar-refractivity contribution is 0.0696. The van der Waals surface area contributed by atoms with Gasteiger partial charge in [-0.05, 0) is 43.0 Å². The molecule has 0 fully saturated rings. The Morgan fingerprint density at radius 2 is 2.17 bits per heavy atom. The van der Waals surface area contributed by atoms with Gasteiger partial charge in [0.05, 0.1) is 12.7 Å². The lowest BCUT2D eigenvalue weighted by Gasteiger charge is -2.08. The first-order valence-corrected chi connectivity index (χ1v) is 5.93. The quantitative estimate of drug-likeness (QED) is 0.880. The van der Waals surface area contributed by atoms with Crippen LogP contribution in [0.25, 0.3) is 10.9 Å². The molecule has 1 aliphatic carbocycles. The van der Waals surface area contributed by atoms with Gasteiger partial charge in [0.25, 0.3) is 0 Å². The SMILES string of the molecule is COc1cc(C(=O)O)cc2cc3c(nc12)CCC3. The van der Waals surface area contributed by atoms with Crippen LogP contribution in [0.1, 0.15) is 28.0 Å². The summed E-state index contributed by atoms with van der Waals surface area (Å²) in [5.41, 5.74) is 3.33. The Labute approximate surface area is 104 Å². The molecular weight excluding hydrogens is 230 g/mol. The van der Waals surface area contributed by atoms with Crippen LogP contribution in [0.2, 0.25) is 0 Å². The third kappa shape index (κ3) is 1.61. The topological polar surface area (TPSA) is 59.4 Å². The Bertz CT molecular complexity index is 649. The molecule has 92 valence electrons. The second kappa shape index (κ2) is 3.98. The van der Waals surface area contributed by atoms with Gasteiger partial charge in [-0.1, -0.05) is 0 Å². The van der Waals surface area contributed by atoms with Crippen LogP contribution < -0.4 is 4.74 Å². The molecule has 1 aromatic carbocycles. The standard InChI is InChI=1S/C14H13NO3/c1-18-12-7-10(14(16)17)6-9-5-8-3-2-4-11(8)15-13(9)12/h5-7H,2-4H2,1H3,(H,16,17). The molecule has 3 rings (SSSR count). The van der Waals surface area contributed by atoms with Crippen LogP contribution in [-0.2, 0) is 12.8 Å². The van der Waals surface area contributed by atoms with Crippen molar-refractivity contribution in [3.8, 4) is 5.75 Å². The number of carboxylic acids is 1. The summed E-state index contributed by atoms with van der Waals surface area (Å²) in [6.07, 6.45) is 3.14. The molecule has 0 spiro atoms. The molecule has 18 heavy (non-hydrogen) atoms. The summed E-state index contributed by atoms with van der Waals surface area (Å²) < 4.78 is 5.25. The summed E-state index contributed by atoms with van der Waals surface area (Å²) in [4.78, 5) is 15.7. The third-order valence-electron chi connectivity index (χ3n) is 3.38. The van der Waals surface area contributed by atoms with Gasteiger partial charge in [0.15, 0.2) is 0 Å². The summed E-state index contributed by atoms with van der Waals surface area (Å²) in [5, 5.41) is 9.92. The van der Waals surface area contributed by atoms with E-state index in [1.807, 2.05) is 6.07 Å². The van der Waals surface area contributed by atoms with Gasteiger partial charge in [0, 0.05) is 11.1 Å². The van der Waals surface area contributed by atoms with Gasteiger partial charge in [-0.25, -0.2) is 9.78 Å². The van der Waals surface area contributed by atoms with Crippen LogP contribution in [0.5, 0.6) is 5.75 Å². The van der Waals surface area contributed by atoms with E-state index in [-0.39, 0.29) is 5.56 Å². The van der Waals surface area contributed by atoms with Gasteiger partial charge in [-0.2, -0.15) is 0 Å². The summed E-state index contributed by atoms with van der Waals surface area (Å²) in [7, 11) is 1.54. The highest BCUT2D eigenvalue weighted by Crippen LogP contribution is 2.30. The highest BCUT2D eigenvalue weighted by molar-refractivity contribution is 5.96. The van der Waals surface area contributed by atoms with Crippen LogP contribution in [0.15, 0.2) is 18.2 Å². The Morgan fingerprint density at radius 1 is 1.33 bits per heavy atom. The molecule has 0 bridgehead atoms. The maximum atomic E-state index is 11.1. The number of carbonyl (C=O) groups is 1. The van der Waals surface area contributed by atoms with Gasteiger partial charge in [0.2, 0.25) is 0 Å². The molecule has 0 aliphatic heterocycles. The van der Waals surface area contributed by atoms with E-state index in [1.54, 1.807) is 6.07 Å². The molecule has 0 saturated heterocycles. The third-order valence-corrected chi connectivity index (χ3v) is 3.38. The fourth-order valence-electron chi connectivity index (χ4n) is 2.50. The monoisotopic (exact) mass is 243 g/mol.